The van der Waals surface area contributed by atoms with Crippen LogP contribution in [0.1, 0.15) is 23.3 Å². The second-order valence-electron chi connectivity index (χ2n) is 5.87. The molecule has 0 unspecified atom stereocenters. The molecule has 1 aliphatic heterocycles. The topological polar surface area (TPSA) is 125 Å². The van der Waals surface area contributed by atoms with Crippen LogP contribution in [-0.2, 0) is 6.54 Å². The summed E-state index contributed by atoms with van der Waals surface area (Å²) in [6.07, 6.45) is -1.01. The number of aliphatic hydroxyl groups excluding tert-OH is 1. The molecule has 0 bridgehead atoms. The Morgan fingerprint density at radius 3 is 2.78 bits per heavy atom. The van der Waals surface area contributed by atoms with E-state index >= 15 is 0 Å². The number of rotatable bonds is 5. The number of carbonyl (C=O) groups is 1. The maximum Gasteiger partial charge on any atom is 0.312 e. The molecule has 0 radical (unpaired) electrons. The van der Waals surface area contributed by atoms with E-state index in [0.29, 0.717) is 28.6 Å². The van der Waals surface area contributed by atoms with Gasteiger partial charge in [0.2, 0.25) is 6.79 Å². The highest BCUT2D eigenvalue weighted by Crippen LogP contribution is 2.34. The minimum atomic E-state index is -1.01. The normalized spacial score (nSPS) is 13.4. The fraction of sp³-hybridized carbons (Fsp3) is 0.167. The lowest BCUT2D eigenvalue weighted by atomic mass is 10.1. The molecule has 0 aliphatic carbocycles. The molecule has 0 spiro atoms. The lowest BCUT2D eigenvalue weighted by molar-refractivity contribution is 0.174. The van der Waals surface area contributed by atoms with Gasteiger partial charge in [0.15, 0.2) is 23.1 Å². The van der Waals surface area contributed by atoms with Crippen molar-refractivity contribution in [2.75, 3.05) is 6.79 Å². The van der Waals surface area contributed by atoms with Crippen molar-refractivity contribution in [3.8, 4) is 17.2 Å². The maximum atomic E-state index is 11.1. The first-order valence-corrected chi connectivity index (χ1v) is 8.24. The van der Waals surface area contributed by atoms with Crippen LogP contribution in [0.5, 0.6) is 11.5 Å². The van der Waals surface area contributed by atoms with Crippen molar-refractivity contribution in [1.29, 1.82) is 0 Å². The quantitative estimate of drug-likeness (QED) is 0.623. The van der Waals surface area contributed by atoms with E-state index in [-0.39, 0.29) is 19.2 Å². The van der Waals surface area contributed by atoms with Crippen LogP contribution < -0.4 is 20.5 Å². The highest BCUT2D eigenvalue weighted by Gasteiger charge is 2.21. The Kier molecular flexibility index (Phi) is 4.35. The molecule has 1 aromatic heterocycles. The van der Waals surface area contributed by atoms with Crippen molar-refractivity contribution >= 4 is 6.03 Å². The van der Waals surface area contributed by atoms with Crippen molar-refractivity contribution in [2.24, 2.45) is 5.73 Å². The molecule has 4 rings (SSSR count). The van der Waals surface area contributed by atoms with E-state index in [2.05, 4.69) is 15.4 Å². The third-order valence-electron chi connectivity index (χ3n) is 4.07. The molecule has 9 nitrogen and oxygen atoms in total. The average molecular weight is 367 g/mol. The van der Waals surface area contributed by atoms with Gasteiger partial charge in [-0.1, -0.05) is 30.3 Å². The zero-order valence-corrected chi connectivity index (χ0v) is 14.2. The molecule has 0 saturated heterocycles. The first-order chi connectivity index (χ1) is 13.1. The van der Waals surface area contributed by atoms with Gasteiger partial charge in [-0.3, -0.25) is 0 Å². The number of nitrogens with one attached hydrogen (secondary N) is 1. The molecule has 2 heterocycles. The number of aliphatic hydroxyl groups is 1. The Hall–Kier alpha value is -3.59. The highest BCUT2D eigenvalue weighted by molar-refractivity contribution is 5.71. The number of hydrogen-bond acceptors (Lipinski definition) is 6. The van der Waals surface area contributed by atoms with Crippen LogP contribution in [0.3, 0.4) is 0 Å². The number of aromatic nitrogens is 3. The summed E-state index contributed by atoms with van der Waals surface area (Å²) in [6.45, 7) is 0.211. The molecule has 0 fully saturated rings. The van der Waals surface area contributed by atoms with Crippen LogP contribution in [0.15, 0.2) is 48.5 Å². The summed E-state index contributed by atoms with van der Waals surface area (Å²) in [5.41, 5.74) is 6.48. The second kappa shape index (κ2) is 6.96. The number of nitrogens with zero attached hydrogens (tertiary/aromatic N) is 3. The summed E-state index contributed by atoms with van der Waals surface area (Å²) in [4.78, 5) is 15.5. The minimum Gasteiger partial charge on any atom is -0.454 e. The molecule has 0 saturated carbocycles. The van der Waals surface area contributed by atoms with Gasteiger partial charge >= 0.3 is 6.03 Å². The predicted molar refractivity (Wildman–Crippen MR) is 94.4 cm³/mol. The van der Waals surface area contributed by atoms with Gasteiger partial charge in [-0.25, -0.2) is 14.5 Å². The molecule has 2 amide bonds. The van der Waals surface area contributed by atoms with Crippen molar-refractivity contribution < 1.29 is 19.4 Å². The number of fused-ring (bicyclic) bond motifs is 1. The Morgan fingerprint density at radius 1 is 1.22 bits per heavy atom. The van der Waals surface area contributed by atoms with Crippen LogP contribution in [0.4, 0.5) is 4.79 Å². The zero-order valence-electron chi connectivity index (χ0n) is 14.2. The summed E-state index contributed by atoms with van der Waals surface area (Å²) in [7, 11) is 0. The van der Waals surface area contributed by atoms with Gasteiger partial charge in [-0.05, 0) is 17.7 Å². The van der Waals surface area contributed by atoms with Gasteiger partial charge in [-0.2, -0.15) is 0 Å². The number of hydrogen-bond donors (Lipinski definition) is 3. The van der Waals surface area contributed by atoms with Crippen LogP contribution in [0, 0.1) is 0 Å². The minimum absolute atomic E-state index is 0.0539. The number of benzene rings is 2. The van der Waals surface area contributed by atoms with E-state index in [0.717, 1.165) is 0 Å². The fourth-order valence-electron chi connectivity index (χ4n) is 2.77. The largest absolute Gasteiger partial charge is 0.454 e. The van der Waals surface area contributed by atoms with E-state index < -0.39 is 12.1 Å². The van der Waals surface area contributed by atoms with E-state index in [1.807, 2.05) is 18.2 Å². The molecule has 2 aromatic carbocycles. The van der Waals surface area contributed by atoms with Crippen LogP contribution in [0.2, 0.25) is 0 Å². The molecule has 138 valence electrons. The predicted octanol–water partition coefficient (Wildman–Crippen LogP) is 1.25. The lowest BCUT2D eigenvalue weighted by Gasteiger charge is -2.07. The van der Waals surface area contributed by atoms with Crippen LogP contribution >= 0.6 is 0 Å². The number of primary amides is 1. The lowest BCUT2D eigenvalue weighted by Crippen LogP contribution is -2.29. The summed E-state index contributed by atoms with van der Waals surface area (Å²) in [5, 5.41) is 17.5. The van der Waals surface area contributed by atoms with E-state index in [4.69, 9.17) is 15.2 Å². The first-order valence-electron chi connectivity index (χ1n) is 8.24. The van der Waals surface area contributed by atoms with Gasteiger partial charge < -0.3 is 25.6 Å². The second-order valence-corrected chi connectivity index (χ2v) is 5.87. The summed E-state index contributed by atoms with van der Waals surface area (Å²) >= 11 is 0. The molecule has 4 N–H and O–H groups in total. The molecular weight excluding hydrogens is 350 g/mol. The maximum absolute atomic E-state index is 11.1. The number of ether oxygens (including phenoxy) is 2. The molecule has 27 heavy (non-hydrogen) atoms. The third kappa shape index (κ3) is 3.40. The fourth-order valence-corrected chi connectivity index (χ4v) is 2.77. The first kappa shape index (κ1) is 16.9. The van der Waals surface area contributed by atoms with Crippen molar-refractivity contribution in [3.63, 3.8) is 0 Å². The summed E-state index contributed by atoms with van der Waals surface area (Å²) < 4.78 is 12.2. The number of nitrogens with two attached hydrogens (primary N) is 1. The van der Waals surface area contributed by atoms with E-state index in [9.17, 15) is 9.90 Å². The monoisotopic (exact) mass is 367 g/mol. The molecule has 1 aliphatic rings. The Morgan fingerprint density at radius 2 is 2.00 bits per heavy atom. The van der Waals surface area contributed by atoms with Crippen molar-refractivity contribution in [3.05, 3.63) is 65.7 Å². The molecule has 1 atom stereocenters. The molecular formula is C18H17N5O4. The number of amides is 2. The smallest absolute Gasteiger partial charge is 0.312 e. The summed E-state index contributed by atoms with van der Waals surface area (Å²) in [6, 6.07) is 13.7. The van der Waals surface area contributed by atoms with Crippen LogP contribution in [-0.4, -0.2) is 32.7 Å². The Labute approximate surface area is 154 Å². The highest BCUT2D eigenvalue weighted by atomic mass is 16.7. The van der Waals surface area contributed by atoms with Crippen molar-refractivity contribution in [2.45, 2.75) is 12.6 Å². The number of carbonyl (C=O) groups excluding carboxylic acids is 1. The van der Waals surface area contributed by atoms with E-state index in [1.54, 1.807) is 30.3 Å². The SMILES string of the molecule is NC(=O)NCc1nc([C@@H](O)c2ccccc2)nn1-c1ccc2c(c1)OCO2. The van der Waals surface area contributed by atoms with Crippen LogP contribution in [0.25, 0.3) is 5.69 Å². The van der Waals surface area contributed by atoms with Gasteiger partial charge in [-0.15, -0.1) is 5.10 Å². The van der Waals surface area contributed by atoms with Gasteiger partial charge in [0.05, 0.1) is 12.2 Å². The third-order valence-corrected chi connectivity index (χ3v) is 4.07. The Balaban J connectivity index is 1.72. The zero-order chi connectivity index (χ0) is 18.8. The molecule has 9 heteroatoms. The van der Waals surface area contributed by atoms with Gasteiger partial charge in [0.25, 0.3) is 0 Å². The van der Waals surface area contributed by atoms with Gasteiger partial charge in [0.1, 0.15) is 6.10 Å². The average Bonchev–Trinajstić information content (AvgIpc) is 3.32. The molecule has 3 aromatic rings. The number of urea groups is 1. The van der Waals surface area contributed by atoms with E-state index in [1.165, 1.54) is 4.68 Å². The summed E-state index contributed by atoms with van der Waals surface area (Å²) in [5.74, 6) is 1.85. The standard InChI is InChI=1S/C18H17N5O4/c19-18(25)20-9-15-21-17(16(24)11-4-2-1-3-5-11)22-23(15)12-6-7-13-14(8-12)27-10-26-13/h1-8,16,24H,9-10H2,(H3,19,20,25)/t16-/m0/s1. The Bertz CT molecular complexity index is 973. The van der Waals surface area contributed by atoms with Crippen molar-refractivity contribution in [1.82, 2.24) is 20.1 Å². The van der Waals surface area contributed by atoms with Gasteiger partial charge in [0, 0.05) is 6.07 Å².